The van der Waals surface area contributed by atoms with Gasteiger partial charge in [0.1, 0.15) is 16.7 Å². The number of nitrogens with zero attached hydrogens (tertiary/aromatic N) is 4. The van der Waals surface area contributed by atoms with Crippen molar-refractivity contribution in [2.45, 2.75) is 57.6 Å². The summed E-state index contributed by atoms with van der Waals surface area (Å²) in [5.74, 6) is 0.0662. The number of fused-ring (bicyclic) bond motifs is 1. The topological polar surface area (TPSA) is 136 Å². The lowest BCUT2D eigenvalue weighted by Gasteiger charge is -2.32. The van der Waals surface area contributed by atoms with Crippen molar-refractivity contribution in [3.63, 3.8) is 0 Å². The van der Waals surface area contributed by atoms with E-state index in [4.69, 9.17) is 19.2 Å². The molecule has 48 heavy (non-hydrogen) atoms. The van der Waals surface area contributed by atoms with Gasteiger partial charge in [0.2, 0.25) is 11.7 Å². The van der Waals surface area contributed by atoms with E-state index in [-0.39, 0.29) is 36.1 Å². The number of esters is 1. The Hall–Kier alpha value is -4.75. The van der Waals surface area contributed by atoms with E-state index in [1.165, 1.54) is 31.3 Å². The van der Waals surface area contributed by atoms with Gasteiger partial charge in [0.15, 0.2) is 5.82 Å². The molecule has 0 radical (unpaired) electrons. The standard InChI is InChI=1S/C35H42N6O6S/c1-6-41-14-8-7-10-25(41)20-36-26-19-28(27(45-4)16-22(26)2)47-15-9-11-32(42)38-31-21-40(3)33(39-31)34(43)37-24-12-13-29-23(17-24)18-30(48-29)35(44)46-5/h6,12-13,16-18,20-21,25,28H,1,7-11,14-15,19H2,2-5H3,(H,37,43)(H,38,42)/t25-,28?/m1/s1. The number of methoxy groups -OCH3 is 2. The normalized spacial score (nSPS) is 18.2. The number of carbonyl (C=O) groups is 3. The van der Waals surface area contributed by atoms with Crippen LogP contribution in [0.3, 0.4) is 0 Å². The van der Waals surface area contributed by atoms with Gasteiger partial charge in [-0.05, 0) is 80.1 Å². The minimum absolute atomic E-state index is 0.132. The highest BCUT2D eigenvalue weighted by molar-refractivity contribution is 7.20. The molecule has 0 spiro atoms. The van der Waals surface area contributed by atoms with Gasteiger partial charge in [0, 0.05) is 61.5 Å². The number of carbonyl (C=O) groups excluding carboxylic acids is 3. The van der Waals surface area contributed by atoms with Crippen molar-refractivity contribution in [2.24, 2.45) is 12.0 Å². The maximum absolute atomic E-state index is 13.0. The predicted molar refractivity (Wildman–Crippen MR) is 187 cm³/mol. The fraction of sp³-hybridized carbons (Fsp3) is 0.400. The van der Waals surface area contributed by atoms with Gasteiger partial charge < -0.3 is 34.3 Å². The summed E-state index contributed by atoms with van der Waals surface area (Å²) in [5, 5.41) is 6.41. The molecule has 3 aromatic rings. The summed E-state index contributed by atoms with van der Waals surface area (Å²) in [4.78, 5) is 49.5. The number of aromatic nitrogens is 2. The van der Waals surface area contributed by atoms with Crippen LogP contribution in [0.25, 0.3) is 10.1 Å². The number of ether oxygens (including phenoxy) is 3. The third-order valence-electron chi connectivity index (χ3n) is 8.35. The Morgan fingerprint density at radius 3 is 2.79 bits per heavy atom. The zero-order valence-corrected chi connectivity index (χ0v) is 28.6. The van der Waals surface area contributed by atoms with Crippen molar-refractivity contribution < 1.29 is 28.6 Å². The molecular weight excluding hydrogens is 632 g/mol. The molecule has 3 heterocycles. The van der Waals surface area contributed by atoms with Crippen molar-refractivity contribution >= 4 is 56.9 Å². The lowest BCUT2D eigenvalue weighted by atomic mass is 10.00. The smallest absolute Gasteiger partial charge is 0.348 e. The van der Waals surface area contributed by atoms with E-state index in [2.05, 4.69) is 27.1 Å². The predicted octanol–water partition coefficient (Wildman–Crippen LogP) is 6.05. The van der Waals surface area contributed by atoms with Gasteiger partial charge in [-0.15, -0.1) is 11.3 Å². The second-order valence-electron chi connectivity index (χ2n) is 11.7. The molecule has 1 fully saturated rings. The largest absolute Gasteiger partial charge is 0.498 e. The number of anilines is 2. The molecule has 254 valence electrons. The van der Waals surface area contributed by atoms with Crippen LogP contribution in [0.4, 0.5) is 11.5 Å². The summed E-state index contributed by atoms with van der Waals surface area (Å²) in [7, 11) is 4.65. The Morgan fingerprint density at radius 2 is 2.02 bits per heavy atom. The molecule has 5 rings (SSSR count). The van der Waals surface area contributed by atoms with Crippen LogP contribution in [0.5, 0.6) is 0 Å². The second kappa shape index (κ2) is 15.9. The van der Waals surface area contributed by atoms with Crippen molar-refractivity contribution in [3.05, 3.63) is 77.0 Å². The minimum atomic E-state index is -0.437. The first-order valence-corrected chi connectivity index (χ1v) is 16.8. The van der Waals surface area contributed by atoms with E-state index in [0.29, 0.717) is 30.0 Å². The van der Waals surface area contributed by atoms with Crippen LogP contribution in [0.15, 0.2) is 71.3 Å². The molecule has 1 aromatic carbocycles. The Balaban J connectivity index is 1.10. The van der Waals surface area contributed by atoms with Crippen molar-refractivity contribution in [1.82, 2.24) is 14.5 Å². The summed E-state index contributed by atoms with van der Waals surface area (Å²) in [5.41, 5.74) is 2.56. The Kier molecular flexibility index (Phi) is 11.5. The zero-order chi connectivity index (χ0) is 34.2. The first-order valence-electron chi connectivity index (χ1n) is 15.9. The van der Waals surface area contributed by atoms with Gasteiger partial charge in [-0.25, -0.2) is 9.78 Å². The van der Waals surface area contributed by atoms with E-state index in [1.807, 2.05) is 31.5 Å². The van der Waals surface area contributed by atoms with Crippen LogP contribution < -0.4 is 10.6 Å². The summed E-state index contributed by atoms with van der Waals surface area (Å²) in [6.45, 7) is 7.32. The van der Waals surface area contributed by atoms with Crippen LogP contribution >= 0.6 is 11.3 Å². The molecule has 13 heteroatoms. The Labute approximate surface area is 284 Å². The third-order valence-corrected chi connectivity index (χ3v) is 9.45. The van der Waals surface area contributed by atoms with Crippen molar-refractivity contribution in [2.75, 3.05) is 38.0 Å². The van der Waals surface area contributed by atoms with E-state index < -0.39 is 11.9 Å². The van der Waals surface area contributed by atoms with Crippen LogP contribution in [0.2, 0.25) is 0 Å². The molecule has 1 aliphatic heterocycles. The average molecular weight is 675 g/mol. The number of aryl methyl sites for hydroxylation is 1. The maximum atomic E-state index is 13.0. The van der Waals surface area contributed by atoms with Crippen LogP contribution in [-0.4, -0.2) is 78.0 Å². The highest BCUT2D eigenvalue weighted by atomic mass is 32.1. The Morgan fingerprint density at radius 1 is 1.19 bits per heavy atom. The van der Waals surface area contributed by atoms with Gasteiger partial charge >= 0.3 is 5.97 Å². The van der Waals surface area contributed by atoms with E-state index in [0.717, 1.165) is 40.1 Å². The monoisotopic (exact) mass is 674 g/mol. The molecule has 0 saturated carbocycles. The fourth-order valence-corrected chi connectivity index (χ4v) is 6.73. The third kappa shape index (κ3) is 8.39. The quantitative estimate of drug-likeness (QED) is 0.127. The average Bonchev–Trinajstić information content (AvgIpc) is 3.68. The minimum Gasteiger partial charge on any atom is -0.498 e. The number of likely N-dealkylation sites (tertiary alicyclic amines) is 1. The molecule has 2 N–H and O–H groups in total. The molecule has 2 aliphatic rings. The number of rotatable bonds is 13. The Bertz CT molecular complexity index is 1770. The molecule has 2 atom stereocenters. The summed E-state index contributed by atoms with van der Waals surface area (Å²) >= 11 is 1.32. The van der Waals surface area contributed by atoms with Gasteiger partial charge in [-0.1, -0.05) is 6.58 Å². The number of benzene rings is 1. The summed E-state index contributed by atoms with van der Waals surface area (Å²) in [6.07, 6.45) is 11.9. The number of hydrogen-bond acceptors (Lipinski definition) is 10. The first-order chi connectivity index (χ1) is 23.2. The first kappa shape index (κ1) is 34.6. The molecule has 1 unspecified atom stereocenters. The molecule has 2 aromatic heterocycles. The molecule has 0 bridgehead atoms. The van der Waals surface area contributed by atoms with Crippen LogP contribution in [0.1, 0.15) is 65.7 Å². The summed E-state index contributed by atoms with van der Waals surface area (Å²) < 4.78 is 19.0. The number of hydrogen-bond donors (Lipinski definition) is 2. The maximum Gasteiger partial charge on any atom is 0.348 e. The molecule has 1 aliphatic carbocycles. The summed E-state index contributed by atoms with van der Waals surface area (Å²) in [6, 6.07) is 7.34. The van der Waals surface area contributed by atoms with Gasteiger partial charge in [-0.2, -0.15) is 0 Å². The fourth-order valence-electron chi connectivity index (χ4n) is 5.77. The molecule has 1 saturated heterocycles. The van der Waals surface area contributed by atoms with Gasteiger partial charge in [-0.3, -0.25) is 14.6 Å². The number of aliphatic imine (C=N–C) groups is 1. The number of piperidine rings is 1. The highest BCUT2D eigenvalue weighted by Gasteiger charge is 2.25. The van der Waals surface area contributed by atoms with Crippen molar-refractivity contribution in [3.8, 4) is 0 Å². The van der Waals surface area contributed by atoms with Crippen LogP contribution in [-0.2, 0) is 26.1 Å². The number of amides is 2. The molecule has 12 nitrogen and oxygen atoms in total. The number of thiophene rings is 1. The zero-order valence-electron chi connectivity index (χ0n) is 27.8. The van der Waals surface area contributed by atoms with Crippen molar-refractivity contribution in [1.29, 1.82) is 0 Å². The molecule has 2 amide bonds. The highest BCUT2D eigenvalue weighted by Crippen LogP contribution is 2.30. The van der Waals surface area contributed by atoms with Gasteiger partial charge in [0.05, 0.1) is 20.3 Å². The second-order valence-corrected chi connectivity index (χ2v) is 12.8. The van der Waals surface area contributed by atoms with Gasteiger partial charge in [0.25, 0.3) is 5.91 Å². The van der Waals surface area contributed by atoms with E-state index >= 15 is 0 Å². The van der Waals surface area contributed by atoms with E-state index in [1.54, 1.807) is 43.1 Å². The lowest BCUT2D eigenvalue weighted by Crippen LogP contribution is -2.36. The van der Waals surface area contributed by atoms with Crippen LogP contribution in [0, 0.1) is 0 Å². The number of nitrogens with one attached hydrogen (secondary N) is 2. The molecular formula is C35H42N6O6S. The number of allylic oxidation sites excluding steroid dienone is 2. The van der Waals surface area contributed by atoms with E-state index in [9.17, 15) is 14.4 Å². The SMILES string of the molecule is C=CN1CCCC[C@@H]1C=NC1=C(C)C=C(OC)C(OCCCC(=O)Nc2cn(C)c(C(=O)Nc3ccc4sc(C(=O)OC)cc4c3)n2)C1. The lowest BCUT2D eigenvalue weighted by molar-refractivity contribution is -0.116. The number of imidazole rings is 1.